The van der Waals surface area contributed by atoms with Gasteiger partial charge < -0.3 is 14.8 Å². The van der Waals surface area contributed by atoms with E-state index in [1.807, 2.05) is 37.4 Å². The third-order valence-corrected chi connectivity index (χ3v) is 3.01. The molecule has 3 aromatic rings. The van der Waals surface area contributed by atoms with Crippen molar-refractivity contribution < 1.29 is 9.47 Å². The molecule has 1 N–H and O–H groups in total. The fourth-order valence-corrected chi connectivity index (χ4v) is 1.92. The molecule has 2 heterocycles. The van der Waals surface area contributed by atoms with E-state index in [0.29, 0.717) is 11.6 Å². The largest absolute Gasteiger partial charge is 0.497 e. The number of methoxy groups -OCH3 is 1. The standard InChI is InChI=1S/C15H14N4O2/c1-16-14-6-4-11(8-17-14)21-15-12-5-3-10(20-2)7-13(12)18-9-19-15/h3-9H,1-2H3,(H,16,17). The number of aromatic nitrogens is 3. The van der Waals surface area contributed by atoms with Crippen molar-refractivity contribution in [1.82, 2.24) is 15.0 Å². The first kappa shape index (κ1) is 13.1. The van der Waals surface area contributed by atoms with Crippen LogP contribution in [0.1, 0.15) is 0 Å². The first-order valence-electron chi connectivity index (χ1n) is 6.40. The minimum absolute atomic E-state index is 0.488. The normalized spacial score (nSPS) is 10.4. The summed E-state index contributed by atoms with van der Waals surface area (Å²) in [6.45, 7) is 0. The van der Waals surface area contributed by atoms with E-state index in [9.17, 15) is 0 Å². The average Bonchev–Trinajstić information content (AvgIpc) is 2.55. The summed E-state index contributed by atoms with van der Waals surface area (Å²) in [7, 11) is 3.43. The molecule has 0 unspecified atom stereocenters. The Balaban J connectivity index is 1.95. The molecule has 0 saturated carbocycles. The topological polar surface area (TPSA) is 69.2 Å². The number of rotatable bonds is 4. The van der Waals surface area contributed by atoms with Gasteiger partial charge in [-0.3, -0.25) is 0 Å². The molecule has 0 aliphatic rings. The molecule has 2 aromatic heterocycles. The van der Waals surface area contributed by atoms with Crippen LogP contribution in [0.5, 0.6) is 17.4 Å². The monoisotopic (exact) mass is 282 g/mol. The van der Waals surface area contributed by atoms with E-state index in [2.05, 4.69) is 20.3 Å². The molecule has 0 fully saturated rings. The molecule has 6 nitrogen and oxygen atoms in total. The Labute approximate surface area is 121 Å². The second kappa shape index (κ2) is 5.62. The number of hydrogen-bond acceptors (Lipinski definition) is 6. The van der Waals surface area contributed by atoms with Crippen LogP contribution in [-0.2, 0) is 0 Å². The zero-order valence-electron chi connectivity index (χ0n) is 11.7. The molecule has 6 heteroatoms. The Morgan fingerprint density at radius 1 is 1.00 bits per heavy atom. The van der Waals surface area contributed by atoms with Crippen LogP contribution in [0.3, 0.4) is 0 Å². The van der Waals surface area contributed by atoms with Crippen LogP contribution in [0.15, 0.2) is 42.9 Å². The number of fused-ring (bicyclic) bond motifs is 1. The van der Waals surface area contributed by atoms with E-state index >= 15 is 0 Å². The third-order valence-electron chi connectivity index (χ3n) is 3.01. The summed E-state index contributed by atoms with van der Waals surface area (Å²) in [4.78, 5) is 12.6. The van der Waals surface area contributed by atoms with Crippen LogP contribution < -0.4 is 14.8 Å². The summed E-state index contributed by atoms with van der Waals surface area (Å²) in [5, 5.41) is 3.77. The van der Waals surface area contributed by atoms with E-state index in [-0.39, 0.29) is 0 Å². The number of ether oxygens (including phenoxy) is 2. The fourth-order valence-electron chi connectivity index (χ4n) is 1.92. The van der Waals surface area contributed by atoms with Crippen LogP contribution >= 0.6 is 0 Å². The van der Waals surface area contributed by atoms with E-state index in [0.717, 1.165) is 22.5 Å². The van der Waals surface area contributed by atoms with Crippen molar-refractivity contribution >= 4 is 16.7 Å². The van der Waals surface area contributed by atoms with Crippen molar-refractivity contribution in [3.8, 4) is 17.4 Å². The van der Waals surface area contributed by atoms with Gasteiger partial charge in [0, 0.05) is 13.1 Å². The van der Waals surface area contributed by atoms with Gasteiger partial charge in [0.1, 0.15) is 23.6 Å². The highest BCUT2D eigenvalue weighted by Gasteiger charge is 2.07. The van der Waals surface area contributed by atoms with Gasteiger partial charge in [-0.1, -0.05) is 0 Å². The van der Waals surface area contributed by atoms with Gasteiger partial charge in [-0.05, 0) is 24.3 Å². The highest BCUT2D eigenvalue weighted by Crippen LogP contribution is 2.28. The van der Waals surface area contributed by atoms with Crippen molar-refractivity contribution in [1.29, 1.82) is 0 Å². The number of hydrogen-bond donors (Lipinski definition) is 1. The van der Waals surface area contributed by atoms with Crippen LogP contribution in [-0.4, -0.2) is 29.1 Å². The zero-order valence-corrected chi connectivity index (χ0v) is 11.7. The lowest BCUT2D eigenvalue weighted by molar-refractivity contribution is 0.415. The summed E-state index contributed by atoms with van der Waals surface area (Å²) >= 11 is 0. The Kier molecular flexibility index (Phi) is 3.51. The van der Waals surface area contributed by atoms with Gasteiger partial charge in [0.25, 0.3) is 0 Å². The van der Waals surface area contributed by atoms with Crippen molar-refractivity contribution in [2.75, 3.05) is 19.5 Å². The predicted molar refractivity (Wildman–Crippen MR) is 79.9 cm³/mol. The number of pyridine rings is 1. The maximum absolute atomic E-state index is 5.78. The molecular formula is C15H14N4O2. The minimum Gasteiger partial charge on any atom is -0.497 e. The van der Waals surface area contributed by atoms with Crippen molar-refractivity contribution in [2.45, 2.75) is 0 Å². The molecule has 3 rings (SSSR count). The molecular weight excluding hydrogens is 268 g/mol. The van der Waals surface area contributed by atoms with Gasteiger partial charge in [0.15, 0.2) is 0 Å². The summed E-state index contributed by atoms with van der Waals surface area (Å²) < 4.78 is 11.0. The Morgan fingerprint density at radius 2 is 1.86 bits per heavy atom. The molecule has 0 radical (unpaired) electrons. The predicted octanol–water partition coefficient (Wildman–Crippen LogP) is 2.87. The SMILES string of the molecule is CNc1ccc(Oc2ncnc3cc(OC)ccc23)cn1. The lowest BCUT2D eigenvalue weighted by Gasteiger charge is -2.08. The van der Waals surface area contributed by atoms with Gasteiger partial charge >= 0.3 is 0 Å². The first-order valence-corrected chi connectivity index (χ1v) is 6.40. The summed E-state index contributed by atoms with van der Waals surface area (Å²) in [6.07, 6.45) is 3.11. The van der Waals surface area contributed by atoms with Crippen LogP contribution in [0.4, 0.5) is 5.82 Å². The van der Waals surface area contributed by atoms with Crippen molar-refractivity contribution in [3.63, 3.8) is 0 Å². The highest BCUT2D eigenvalue weighted by atomic mass is 16.5. The Morgan fingerprint density at radius 3 is 2.57 bits per heavy atom. The average molecular weight is 282 g/mol. The number of benzene rings is 1. The molecule has 1 aromatic carbocycles. The molecule has 0 bridgehead atoms. The lowest BCUT2D eigenvalue weighted by Crippen LogP contribution is -1.94. The quantitative estimate of drug-likeness (QED) is 0.793. The number of nitrogens with one attached hydrogen (secondary N) is 1. The smallest absolute Gasteiger partial charge is 0.230 e. The van der Waals surface area contributed by atoms with Gasteiger partial charge in [0.2, 0.25) is 5.88 Å². The zero-order chi connectivity index (χ0) is 14.7. The first-order chi connectivity index (χ1) is 10.3. The van der Waals surface area contributed by atoms with Crippen LogP contribution in [0, 0.1) is 0 Å². The summed E-state index contributed by atoms with van der Waals surface area (Å²) in [6, 6.07) is 9.23. The minimum atomic E-state index is 0.488. The third kappa shape index (κ3) is 2.69. The van der Waals surface area contributed by atoms with Gasteiger partial charge in [-0.15, -0.1) is 0 Å². The fraction of sp³-hybridized carbons (Fsp3) is 0.133. The molecule has 0 amide bonds. The molecule has 0 aliphatic heterocycles. The highest BCUT2D eigenvalue weighted by molar-refractivity contribution is 5.84. The number of nitrogens with zero attached hydrogens (tertiary/aromatic N) is 3. The summed E-state index contributed by atoms with van der Waals surface area (Å²) in [5.74, 6) is 2.62. The Bertz CT molecular complexity index is 759. The molecule has 0 aliphatic carbocycles. The van der Waals surface area contributed by atoms with Gasteiger partial charge in [-0.2, -0.15) is 0 Å². The van der Waals surface area contributed by atoms with Crippen molar-refractivity contribution in [2.24, 2.45) is 0 Å². The molecule has 0 spiro atoms. The summed E-state index contributed by atoms with van der Waals surface area (Å²) in [5.41, 5.74) is 0.763. The van der Waals surface area contributed by atoms with Gasteiger partial charge in [-0.25, -0.2) is 15.0 Å². The lowest BCUT2D eigenvalue weighted by atomic mass is 10.2. The Hall–Kier alpha value is -2.89. The molecule has 0 atom stereocenters. The second-order valence-corrected chi connectivity index (χ2v) is 4.29. The van der Waals surface area contributed by atoms with Crippen LogP contribution in [0.25, 0.3) is 10.9 Å². The molecule has 106 valence electrons. The van der Waals surface area contributed by atoms with Gasteiger partial charge in [0.05, 0.1) is 24.2 Å². The van der Waals surface area contributed by atoms with Crippen molar-refractivity contribution in [3.05, 3.63) is 42.9 Å². The van der Waals surface area contributed by atoms with E-state index in [1.54, 1.807) is 13.3 Å². The van der Waals surface area contributed by atoms with E-state index < -0.39 is 0 Å². The molecule has 21 heavy (non-hydrogen) atoms. The second-order valence-electron chi connectivity index (χ2n) is 4.29. The maximum atomic E-state index is 5.78. The maximum Gasteiger partial charge on any atom is 0.230 e. The van der Waals surface area contributed by atoms with Crippen LogP contribution in [0.2, 0.25) is 0 Å². The van der Waals surface area contributed by atoms with E-state index in [4.69, 9.17) is 9.47 Å². The number of anilines is 1. The molecule has 0 saturated heterocycles. The van der Waals surface area contributed by atoms with E-state index in [1.165, 1.54) is 6.33 Å².